The van der Waals surface area contributed by atoms with E-state index >= 15 is 0 Å². The molecule has 1 aliphatic rings. The predicted molar refractivity (Wildman–Crippen MR) is 59.4 cm³/mol. The van der Waals surface area contributed by atoms with Crippen LogP contribution in [0.25, 0.3) is 0 Å². The fourth-order valence-corrected chi connectivity index (χ4v) is 2.03. The van der Waals surface area contributed by atoms with Crippen LogP contribution >= 0.6 is 15.9 Å². The quantitative estimate of drug-likeness (QED) is 0.712. The molecule has 0 radical (unpaired) electrons. The maximum Gasteiger partial charge on any atom is 0.121 e. The summed E-state index contributed by atoms with van der Waals surface area (Å²) in [5, 5.41) is 16.4. The molecule has 3 N–H and O–H groups in total. The Bertz CT molecular complexity index is 324. The summed E-state index contributed by atoms with van der Waals surface area (Å²) < 4.78 is 0.905. The van der Waals surface area contributed by atoms with E-state index in [0.29, 0.717) is 5.75 Å². The van der Waals surface area contributed by atoms with Crippen LogP contribution in [-0.4, -0.2) is 24.7 Å². The van der Waals surface area contributed by atoms with Crippen LogP contribution in [0.5, 0.6) is 5.75 Å². The highest BCUT2D eigenvalue weighted by Gasteiger charge is 2.17. The van der Waals surface area contributed by atoms with E-state index < -0.39 is 0 Å². The van der Waals surface area contributed by atoms with E-state index in [1.807, 2.05) is 12.1 Å². The Hall–Kier alpha value is -0.580. The van der Waals surface area contributed by atoms with Crippen molar-refractivity contribution in [2.24, 2.45) is 0 Å². The molecule has 14 heavy (non-hydrogen) atoms. The monoisotopic (exact) mass is 256 g/mol. The molecule has 0 aliphatic carbocycles. The van der Waals surface area contributed by atoms with Crippen molar-refractivity contribution in [2.45, 2.75) is 6.04 Å². The van der Waals surface area contributed by atoms with Gasteiger partial charge in [0.25, 0.3) is 0 Å². The van der Waals surface area contributed by atoms with Gasteiger partial charge in [0.1, 0.15) is 5.75 Å². The number of hydrogen-bond donors (Lipinski definition) is 3. The summed E-state index contributed by atoms with van der Waals surface area (Å²) in [5.41, 5.74) is 0.959. The smallest absolute Gasteiger partial charge is 0.121 e. The van der Waals surface area contributed by atoms with E-state index in [-0.39, 0.29) is 6.04 Å². The van der Waals surface area contributed by atoms with Crippen molar-refractivity contribution in [2.75, 3.05) is 19.6 Å². The Balaban J connectivity index is 2.22. The van der Waals surface area contributed by atoms with Gasteiger partial charge in [-0.2, -0.15) is 0 Å². The number of aromatic hydroxyl groups is 1. The van der Waals surface area contributed by atoms with Crippen LogP contribution < -0.4 is 10.6 Å². The molecule has 0 saturated carbocycles. The molecule has 1 fully saturated rings. The van der Waals surface area contributed by atoms with Crippen LogP contribution in [0.1, 0.15) is 11.6 Å². The Morgan fingerprint density at radius 3 is 2.86 bits per heavy atom. The second kappa shape index (κ2) is 4.29. The lowest BCUT2D eigenvalue weighted by atomic mass is 10.0. The SMILES string of the molecule is Oc1cc(Br)ccc1[C@H]1CNCCN1. The Morgan fingerprint density at radius 2 is 2.21 bits per heavy atom. The van der Waals surface area contributed by atoms with Gasteiger partial charge in [-0.1, -0.05) is 22.0 Å². The summed E-state index contributed by atoms with van der Waals surface area (Å²) in [4.78, 5) is 0. The predicted octanol–water partition coefficient (Wildman–Crippen LogP) is 1.39. The van der Waals surface area contributed by atoms with Crippen molar-refractivity contribution in [3.63, 3.8) is 0 Å². The van der Waals surface area contributed by atoms with Crippen LogP contribution in [0.2, 0.25) is 0 Å². The van der Waals surface area contributed by atoms with Crippen molar-refractivity contribution in [1.29, 1.82) is 0 Å². The zero-order valence-electron chi connectivity index (χ0n) is 7.76. The molecule has 1 aromatic carbocycles. The Morgan fingerprint density at radius 1 is 1.36 bits per heavy atom. The number of rotatable bonds is 1. The molecule has 1 heterocycles. The molecule has 1 saturated heterocycles. The van der Waals surface area contributed by atoms with E-state index in [0.717, 1.165) is 29.7 Å². The van der Waals surface area contributed by atoms with Crippen molar-refractivity contribution < 1.29 is 5.11 Å². The molecule has 76 valence electrons. The minimum Gasteiger partial charge on any atom is -0.508 e. The first-order valence-corrected chi connectivity index (χ1v) is 5.49. The maximum absolute atomic E-state index is 9.75. The van der Waals surface area contributed by atoms with E-state index in [1.165, 1.54) is 0 Å². The van der Waals surface area contributed by atoms with Gasteiger partial charge in [0, 0.05) is 35.7 Å². The van der Waals surface area contributed by atoms with Crippen molar-refractivity contribution in [3.05, 3.63) is 28.2 Å². The zero-order chi connectivity index (χ0) is 9.97. The van der Waals surface area contributed by atoms with Gasteiger partial charge in [0.05, 0.1) is 0 Å². The first-order chi connectivity index (χ1) is 6.77. The third-order valence-electron chi connectivity index (χ3n) is 2.41. The van der Waals surface area contributed by atoms with Gasteiger partial charge in [0.2, 0.25) is 0 Å². The van der Waals surface area contributed by atoms with E-state index in [4.69, 9.17) is 0 Å². The first-order valence-electron chi connectivity index (χ1n) is 4.70. The molecule has 0 aromatic heterocycles. The third kappa shape index (κ3) is 2.08. The first kappa shape index (κ1) is 9.96. The highest BCUT2D eigenvalue weighted by Crippen LogP contribution is 2.27. The van der Waals surface area contributed by atoms with Gasteiger partial charge in [-0.15, -0.1) is 0 Å². The molecule has 1 aliphatic heterocycles. The summed E-state index contributed by atoms with van der Waals surface area (Å²) >= 11 is 3.32. The summed E-state index contributed by atoms with van der Waals surface area (Å²) in [6.07, 6.45) is 0. The molecule has 2 rings (SSSR count). The lowest BCUT2D eigenvalue weighted by Gasteiger charge is -2.25. The molecule has 0 unspecified atom stereocenters. The van der Waals surface area contributed by atoms with Crippen molar-refractivity contribution in [3.8, 4) is 5.75 Å². The molecule has 0 amide bonds. The van der Waals surface area contributed by atoms with Gasteiger partial charge >= 0.3 is 0 Å². The average molecular weight is 257 g/mol. The molecule has 1 atom stereocenters. The lowest BCUT2D eigenvalue weighted by molar-refractivity contribution is 0.404. The van der Waals surface area contributed by atoms with Crippen molar-refractivity contribution >= 4 is 15.9 Å². The van der Waals surface area contributed by atoms with Crippen molar-refractivity contribution in [1.82, 2.24) is 10.6 Å². The maximum atomic E-state index is 9.75. The number of phenolic OH excluding ortho intramolecular Hbond substituents is 1. The Labute approximate surface area is 91.6 Å². The largest absolute Gasteiger partial charge is 0.508 e. The number of benzene rings is 1. The van der Waals surface area contributed by atoms with Gasteiger partial charge in [-0.3, -0.25) is 0 Å². The van der Waals surface area contributed by atoms with Crippen LogP contribution in [0.4, 0.5) is 0 Å². The molecular weight excluding hydrogens is 244 g/mol. The van der Waals surface area contributed by atoms with E-state index in [2.05, 4.69) is 26.6 Å². The molecule has 3 nitrogen and oxygen atoms in total. The molecule has 1 aromatic rings. The van der Waals surface area contributed by atoms with Crippen LogP contribution in [0.15, 0.2) is 22.7 Å². The minimum absolute atomic E-state index is 0.219. The standard InChI is InChI=1S/C10H13BrN2O/c11-7-1-2-8(10(14)5-7)9-6-12-3-4-13-9/h1-2,5,9,12-14H,3-4,6H2/t9-/m1/s1. The summed E-state index contributed by atoms with van der Waals surface area (Å²) in [6.45, 7) is 2.81. The zero-order valence-corrected chi connectivity index (χ0v) is 9.34. The summed E-state index contributed by atoms with van der Waals surface area (Å²) in [5.74, 6) is 0.348. The number of hydrogen-bond acceptors (Lipinski definition) is 3. The van der Waals surface area contributed by atoms with Gasteiger partial charge < -0.3 is 15.7 Å². The van der Waals surface area contributed by atoms with Crippen LogP contribution in [-0.2, 0) is 0 Å². The number of piperazine rings is 1. The van der Waals surface area contributed by atoms with Crippen LogP contribution in [0.3, 0.4) is 0 Å². The fourth-order valence-electron chi connectivity index (χ4n) is 1.68. The Kier molecular flexibility index (Phi) is 3.05. The highest BCUT2D eigenvalue weighted by molar-refractivity contribution is 9.10. The van der Waals surface area contributed by atoms with E-state index in [1.54, 1.807) is 6.07 Å². The van der Waals surface area contributed by atoms with Gasteiger partial charge in [0.15, 0.2) is 0 Å². The molecule has 0 bridgehead atoms. The molecular formula is C10H13BrN2O. The highest BCUT2D eigenvalue weighted by atomic mass is 79.9. The molecule has 0 spiro atoms. The normalized spacial score (nSPS) is 22.2. The second-order valence-electron chi connectivity index (χ2n) is 3.41. The van der Waals surface area contributed by atoms with Gasteiger partial charge in [-0.05, 0) is 12.1 Å². The summed E-state index contributed by atoms with van der Waals surface area (Å²) in [6, 6.07) is 5.85. The third-order valence-corrected chi connectivity index (χ3v) is 2.90. The van der Waals surface area contributed by atoms with E-state index in [9.17, 15) is 5.11 Å². The lowest BCUT2D eigenvalue weighted by Crippen LogP contribution is -2.42. The minimum atomic E-state index is 0.219. The van der Waals surface area contributed by atoms with Crippen LogP contribution in [0, 0.1) is 0 Å². The van der Waals surface area contributed by atoms with Gasteiger partial charge in [-0.25, -0.2) is 0 Å². The number of nitrogens with one attached hydrogen (secondary N) is 2. The number of halogens is 1. The topological polar surface area (TPSA) is 44.3 Å². The summed E-state index contributed by atoms with van der Waals surface area (Å²) in [7, 11) is 0. The fraction of sp³-hybridized carbons (Fsp3) is 0.400. The second-order valence-corrected chi connectivity index (χ2v) is 4.33. The average Bonchev–Trinajstić information content (AvgIpc) is 2.19. The number of phenols is 1. The molecule has 4 heteroatoms.